The van der Waals surface area contributed by atoms with Crippen LogP contribution in [0.15, 0.2) is 0 Å². The Morgan fingerprint density at radius 1 is 1.31 bits per heavy atom. The fraction of sp³-hybridized carbons (Fsp3) is 0.917. The van der Waals surface area contributed by atoms with Gasteiger partial charge in [-0.25, -0.2) is 0 Å². The molecule has 0 aliphatic heterocycles. The summed E-state index contributed by atoms with van der Waals surface area (Å²) in [5.41, 5.74) is -0.131. The SMILES string of the molecule is CCCCCC(C)C(C)(C)C(C)=O. The molecule has 0 rings (SSSR count). The van der Waals surface area contributed by atoms with Crippen LogP contribution in [0.5, 0.6) is 0 Å². The first kappa shape index (κ1) is 12.7. The molecule has 0 aromatic heterocycles. The minimum Gasteiger partial charge on any atom is -0.299 e. The quantitative estimate of drug-likeness (QED) is 0.573. The van der Waals surface area contributed by atoms with E-state index in [0.29, 0.717) is 11.7 Å². The van der Waals surface area contributed by atoms with Crippen molar-refractivity contribution >= 4 is 5.78 Å². The van der Waals surface area contributed by atoms with Gasteiger partial charge in [0, 0.05) is 5.41 Å². The zero-order chi connectivity index (χ0) is 10.5. The van der Waals surface area contributed by atoms with Gasteiger partial charge < -0.3 is 0 Å². The monoisotopic (exact) mass is 184 g/mol. The summed E-state index contributed by atoms with van der Waals surface area (Å²) < 4.78 is 0. The summed E-state index contributed by atoms with van der Waals surface area (Å²) in [5, 5.41) is 0. The maximum absolute atomic E-state index is 11.3. The molecule has 0 bridgehead atoms. The largest absolute Gasteiger partial charge is 0.299 e. The molecule has 0 amide bonds. The smallest absolute Gasteiger partial charge is 0.135 e. The van der Waals surface area contributed by atoms with Crippen molar-refractivity contribution in [2.75, 3.05) is 0 Å². The Morgan fingerprint density at radius 3 is 2.23 bits per heavy atom. The van der Waals surface area contributed by atoms with Gasteiger partial charge in [0.25, 0.3) is 0 Å². The van der Waals surface area contributed by atoms with E-state index >= 15 is 0 Å². The lowest BCUT2D eigenvalue weighted by Crippen LogP contribution is -2.29. The number of carbonyl (C=O) groups excluding carboxylic acids is 1. The van der Waals surface area contributed by atoms with Crippen molar-refractivity contribution in [2.24, 2.45) is 11.3 Å². The van der Waals surface area contributed by atoms with Crippen LogP contribution in [0.3, 0.4) is 0 Å². The van der Waals surface area contributed by atoms with Crippen LogP contribution < -0.4 is 0 Å². The highest BCUT2D eigenvalue weighted by Gasteiger charge is 2.29. The Labute approximate surface area is 82.9 Å². The molecule has 1 atom stereocenters. The van der Waals surface area contributed by atoms with Crippen molar-refractivity contribution in [1.29, 1.82) is 0 Å². The van der Waals surface area contributed by atoms with Crippen LogP contribution in [-0.2, 0) is 4.79 Å². The van der Waals surface area contributed by atoms with E-state index in [9.17, 15) is 4.79 Å². The molecule has 0 spiro atoms. The van der Waals surface area contributed by atoms with E-state index < -0.39 is 0 Å². The van der Waals surface area contributed by atoms with Crippen LogP contribution in [0, 0.1) is 11.3 Å². The number of carbonyl (C=O) groups is 1. The van der Waals surface area contributed by atoms with Gasteiger partial charge in [0.2, 0.25) is 0 Å². The van der Waals surface area contributed by atoms with Gasteiger partial charge in [-0.1, -0.05) is 47.0 Å². The van der Waals surface area contributed by atoms with Crippen molar-refractivity contribution in [1.82, 2.24) is 0 Å². The number of hydrogen-bond donors (Lipinski definition) is 0. The first-order chi connectivity index (χ1) is 5.92. The molecule has 0 aromatic rings. The highest BCUT2D eigenvalue weighted by molar-refractivity contribution is 5.81. The summed E-state index contributed by atoms with van der Waals surface area (Å²) in [6.45, 7) is 10.2. The predicted molar refractivity (Wildman–Crippen MR) is 57.8 cm³/mol. The number of ketones is 1. The maximum Gasteiger partial charge on any atom is 0.135 e. The molecule has 0 N–H and O–H groups in total. The zero-order valence-corrected chi connectivity index (χ0v) is 9.81. The van der Waals surface area contributed by atoms with Crippen LogP contribution in [-0.4, -0.2) is 5.78 Å². The lowest BCUT2D eigenvalue weighted by atomic mass is 9.74. The van der Waals surface area contributed by atoms with E-state index in [1.54, 1.807) is 6.92 Å². The summed E-state index contributed by atoms with van der Waals surface area (Å²) in [4.78, 5) is 11.3. The average Bonchev–Trinajstić information content (AvgIpc) is 2.04. The van der Waals surface area contributed by atoms with Crippen molar-refractivity contribution in [3.8, 4) is 0 Å². The molecule has 0 aliphatic rings. The molecular formula is C12H24O. The van der Waals surface area contributed by atoms with Gasteiger partial charge in [-0.2, -0.15) is 0 Å². The van der Waals surface area contributed by atoms with E-state index in [2.05, 4.69) is 27.7 Å². The van der Waals surface area contributed by atoms with Gasteiger partial charge >= 0.3 is 0 Å². The Morgan fingerprint density at radius 2 is 1.85 bits per heavy atom. The first-order valence-corrected chi connectivity index (χ1v) is 5.44. The van der Waals surface area contributed by atoms with Crippen LogP contribution in [0.1, 0.15) is 60.3 Å². The molecule has 1 nitrogen and oxygen atoms in total. The summed E-state index contributed by atoms with van der Waals surface area (Å²) in [5.74, 6) is 0.827. The van der Waals surface area contributed by atoms with Gasteiger partial charge in [-0.3, -0.25) is 4.79 Å². The molecule has 0 saturated heterocycles. The van der Waals surface area contributed by atoms with E-state index in [-0.39, 0.29) is 5.41 Å². The van der Waals surface area contributed by atoms with Crippen LogP contribution in [0.25, 0.3) is 0 Å². The molecule has 78 valence electrons. The van der Waals surface area contributed by atoms with Gasteiger partial charge in [-0.05, 0) is 19.3 Å². The Hall–Kier alpha value is -0.330. The Balaban J connectivity index is 3.94. The molecule has 0 heterocycles. The maximum atomic E-state index is 11.3. The van der Waals surface area contributed by atoms with Crippen LogP contribution in [0.4, 0.5) is 0 Å². The summed E-state index contributed by atoms with van der Waals surface area (Å²) in [6, 6.07) is 0. The number of rotatable bonds is 6. The van der Waals surface area contributed by atoms with E-state index in [1.807, 2.05) is 0 Å². The van der Waals surface area contributed by atoms with Gasteiger partial charge in [0.15, 0.2) is 0 Å². The van der Waals surface area contributed by atoms with Crippen LogP contribution in [0.2, 0.25) is 0 Å². The summed E-state index contributed by atoms with van der Waals surface area (Å²) in [6.07, 6.45) is 4.99. The summed E-state index contributed by atoms with van der Waals surface area (Å²) in [7, 11) is 0. The van der Waals surface area contributed by atoms with E-state index in [1.165, 1.54) is 25.7 Å². The molecule has 0 aliphatic carbocycles. The third-order valence-electron chi connectivity index (χ3n) is 3.38. The minimum absolute atomic E-state index is 0.131. The zero-order valence-electron chi connectivity index (χ0n) is 9.81. The highest BCUT2D eigenvalue weighted by atomic mass is 16.1. The molecule has 0 fully saturated rings. The fourth-order valence-corrected chi connectivity index (χ4v) is 1.41. The van der Waals surface area contributed by atoms with Gasteiger partial charge in [0.1, 0.15) is 5.78 Å². The number of hydrogen-bond acceptors (Lipinski definition) is 1. The van der Waals surface area contributed by atoms with Crippen LogP contribution >= 0.6 is 0 Å². The third-order valence-corrected chi connectivity index (χ3v) is 3.38. The van der Waals surface area contributed by atoms with Crippen molar-refractivity contribution in [3.63, 3.8) is 0 Å². The van der Waals surface area contributed by atoms with Gasteiger partial charge in [0.05, 0.1) is 0 Å². The summed E-state index contributed by atoms with van der Waals surface area (Å²) >= 11 is 0. The lowest BCUT2D eigenvalue weighted by Gasteiger charge is -2.29. The average molecular weight is 184 g/mol. The fourth-order valence-electron chi connectivity index (χ4n) is 1.41. The van der Waals surface area contributed by atoms with Crippen molar-refractivity contribution in [3.05, 3.63) is 0 Å². The molecule has 0 radical (unpaired) electrons. The topological polar surface area (TPSA) is 17.1 Å². The number of unbranched alkanes of at least 4 members (excludes halogenated alkanes) is 2. The van der Waals surface area contributed by atoms with Gasteiger partial charge in [-0.15, -0.1) is 0 Å². The van der Waals surface area contributed by atoms with Crippen molar-refractivity contribution < 1.29 is 4.79 Å². The van der Waals surface area contributed by atoms with Crippen molar-refractivity contribution in [2.45, 2.75) is 60.3 Å². The number of Topliss-reactive ketones (excluding diaryl/α,β-unsaturated/α-hetero) is 1. The molecule has 0 saturated carbocycles. The Bertz CT molecular complexity index is 159. The second kappa shape index (κ2) is 5.41. The minimum atomic E-state index is -0.131. The lowest BCUT2D eigenvalue weighted by molar-refractivity contribution is -0.127. The molecule has 0 aromatic carbocycles. The normalized spacial score (nSPS) is 14.2. The third kappa shape index (κ3) is 3.93. The second-order valence-corrected chi connectivity index (χ2v) is 4.67. The predicted octanol–water partition coefficient (Wildman–Crippen LogP) is 3.82. The standard InChI is InChI=1S/C12H24O/c1-6-7-8-9-10(2)12(4,5)11(3)13/h10H,6-9H2,1-5H3. The highest BCUT2D eigenvalue weighted by Crippen LogP contribution is 2.31. The first-order valence-electron chi connectivity index (χ1n) is 5.44. The Kier molecular flexibility index (Phi) is 5.27. The molecule has 13 heavy (non-hydrogen) atoms. The van der Waals surface area contributed by atoms with E-state index in [0.717, 1.165) is 0 Å². The molecule has 1 unspecified atom stereocenters. The molecule has 1 heteroatoms. The van der Waals surface area contributed by atoms with E-state index in [4.69, 9.17) is 0 Å². The molecular weight excluding hydrogens is 160 g/mol. The second-order valence-electron chi connectivity index (χ2n) is 4.67.